The summed E-state index contributed by atoms with van der Waals surface area (Å²) < 4.78 is 24.3. The normalized spacial score (nSPS) is 17.8. The average molecular weight is 235 g/mol. The van der Waals surface area contributed by atoms with E-state index in [1.54, 1.807) is 24.3 Å². The lowest BCUT2D eigenvalue weighted by Crippen LogP contribution is -2.19. The summed E-state index contributed by atoms with van der Waals surface area (Å²) in [6, 6.07) is 6.71. The lowest BCUT2D eigenvalue weighted by Gasteiger charge is -2.06. The number of hydrogen-bond acceptors (Lipinski definition) is 2. The number of hydrogen-bond donors (Lipinski definition) is 0. The van der Waals surface area contributed by atoms with Crippen molar-refractivity contribution in [1.82, 2.24) is 0 Å². The Labute approximate surface area is 95.8 Å². The van der Waals surface area contributed by atoms with Gasteiger partial charge in [0, 0.05) is 5.92 Å². The van der Waals surface area contributed by atoms with Crippen LogP contribution in [0.3, 0.4) is 0 Å². The van der Waals surface area contributed by atoms with Crippen molar-refractivity contribution in [3.05, 3.63) is 41.2 Å². The second-order valence-electron chi connectivity index (χ2n) is 4.22. The Balaban J connectivity index is 2.38. The first-order valence-corrected chi connectivity index (χ1v) is 6.77. The van der Waals surface area contributed by atoms with Gasteiger partial charge < -0.3 is 0 Å². The fourth-order valence-corrected chi connectivity index (χ4v) is 3.39. The molecule has 0 aromatic heterocycles. The Morgan fingerprint density at radius 3 is 2.31 bits per heavy atom. The van der Waals surface area contributed by atoms with E-state index in [9.17, 15) is 8.42 Å². The van der Waals surface area contributed by atoms with Gasteiger partial charge in [-0.15, -0.1) is 0 Å². The van der Waals surface area contributed by atoms with Crippen LogP contribution in [0.4, 0.5) is 0 Å². The van der Waals surface area contributed by atoms with E-state index in [0.717, 1.165) is 18.4 Å². The molecular weight excluding hydrogens is 222 g/mol. The molecule has 0 radical (unpaired) electrons. The first-order valence-electron chi connectivity index (χ1n) is 5.23. The molecule has 0 amide bonds. The first kappa shape index (κ1) is 11.2. The van der Waals surface area contributed by atoms with Crippen LogP contribution in [0.25, 0.3) is 4.85 Å². The van der Waals surface area contributed by atoms with Gasteiger partial charge >= 0.3 is 5.37 Å². The quantitative estimate of drug-likeness (QED) is 0.755. The number of aryl methyl sites for hydroxylation is 1. The van der Waals surface area contributed by atoms with Gasteiger partial charge in [0.15, 0.2) is 0 Å². The van der Waals surface area contributed by atoms with Crippen LogP contribution in [0.5, 0.6) is 0 Å². The van der Waals surface area contributed by atoms with E-state index in [-0.39, 0.29) is 10.8 Å². The summed E-state index contributed by atoms with van der Waals surface area (Å²) in [7, 11) is -3.46. The lowest BCUT2D eigenvalue weighted by molar-refractivity contribution is 0.581. The maximum atomic E-state index is 12.1. The standard InChI is InChI=1S/C12H13NO2S/c1-9-3-7-11(8-4-9)16(14,15)12(13-2)10-5-6-10/h3-4,7-8,10,12H,5-6H2,1H3/t12-/m0/s1. The molecule has 1 saturated carbocycles. The Bertz CT molecular complexity index is 521. The molecule has 0 unspecified atom stereocenters. The minimum absolute atomic E-state index is 0.0452. The van der Waals surface area contributed by atoms with Crippen LogP contribution in [0, 0.1) is 19.4 Å². The second kappa shape index (κ2) is 3.91. The molecule has 16 heavy (non-hydrogen) atoms. The highest BCUT2D eigenvalue weighted by Gasteiger charge is 2.46. The molecule has 0 spiro atoms. The van der Waals surface area contributed by atoms with Gasteiger partial charge in [-0.05, 0) is 31.9 Å². The fraction of sp³-hybridized carbons (Fsp3) is 0.417. The van der Waals surface area contributed by atoms with Crippen LogP contribution in [-0.4, -0.2) is 13.8 Å². The topological polar surface area (TPSA) is 38.5 Å². The monoisotopic (exact) mass is 235 g/mol. The minimum Gasteiger partial charge on any atom is -0.296 e. The highest BCUT2D eigenvalue weighted by molar-refractivity contribution is 7.92. The molecule has 1 fully saturated rings. The van der Waals surface area contributed by atoms with Gasteiger partial charge in [-0.3, -0.25) is 4.85 Å². The van der Waals surface area contributed by atoms with Crippen molar-refractivity contribution in [3.63, 3.8) is 0 Å². The second-order valence-corrected chi connectivity index (χ2v) is 6.26. The molecule has 3 nitrogen and oxygen atoms in total. The zero-order chi connectivity index (χ0) is 11.8. The van der Waals surface area contributed by atoms with Gasteiger partial charge in [-0.1, -0.05) is 17.7 Å². The van der Waals surface area contributed by atoms with E-state index >= 15 is 0 Å². The maximum Gasteiger partial charge on any atom is 0.327 e. The molecule has 1 aromatic rings. The van der Waals surface area contributed by atoms with Gasteiger partial charge in [-0.2, -0.15) is 0 Å². The zero-order valence-corrected chi connectivity index (χ0v) is 9.87. The van der Waals surface area contributed by atoms with Crippen LogP contribution in [-0.2, 0) is 9.84 Å². The summed E-state index contributed by atoms with van der Waals surface area (Å²) in [6.07, 6.45) is 1.72. The molecule has 0 heterocycles. The van der Waals surface area contributed by atoms with E-state index in [2.05, 4.69) is 4.85 Å². The molecule has 0 bridgehead atoms. The summed E-state index contributed by atoms with van der Waals surface area (Å²) >= 11 is 0. The van der Waals surface area contributed by atoms with Crippen LogP contribution >= 0.6 is 0 Å². The van der Waals surface area contributed by atoms with Crippen molar-refractivity contribution < 1.29 is 8.42 Å². The number of nitrogens with zero attached hydrogens (tertiary/aromatic N) is 1. The van der Waals surface area contributed by atoms with E-state index in [1.807, 2.05) is 6.92 Å². The minimum atomic E-state index is -3.46. The number of benzene rings is 1. The van der Waals surface area contributed by atoms with Gasteiger partial charge in [-0.25, -0.2) is 15.0 Å². The predicted octanol–water partition coefficient (Wildman–Crippen LogP) is 2.42. The van der Waals surface area contributed by atoms with E-state index in [1.165, 1.54) is 0 Å². The molecule has 4 heteroatoms. The molecule has 1 aliphatic carbocycles. The zero-order valence-electron chi connectivity index (χ0n) is 9.05. The SMILES string of the molecule is [C-]#[N+][C@H](C1CC1)S(=O)(=O)c1ccc(C)cc1. The number of rotatable bonds is 3. The summed E-state index contributed by atoms with van der Waals surface area (Å²) in [4.78, 5) is 3.55. The molecule has 1 aromatic carbocycles. The van der Waals surface area contributed by atoms with Gasteiger partial charge in [0.1, 0.15) is 0 Å². The smallest absolute Gasteiger partial charge is 0.296 e. The van der Waals surface area contributed by atoms with E-state index < -0.39 is 15.2 Å². The molecular formula is C12H13NO2S. The Morgan fingerprint density at radius 2 is 1.88 bits per heavy atom. The predicted molar refractivity (Wildman–Crippen MR) is 61.5 cm³/mol. The summed E-state index contributed by atoms with van der Waals surface area (Å²) in [5.41, 5.74) is 1.02. The van der Waals surface area contributed by atoms with Gasteiger partial charge in [0.05, 0.1) is 4.90 Å². The van der Waals surface area contributed by atoms with Gasteiger partial charge in [0.25, 0.3) is 9.84 Å². The third-order valence-corrected chi connectivity index (χ3v) is 4.88. The maximum absolute atomic E-state index is 12.1. The van der Waals surface area contributed by atoms with Crippen molar-refractivity contribution in [2.45, 2.75) is 30.0 Å². The Kier molecular flexibility index (Phi) is 2.73. The molecule has 0 N–H and O–H groups in total. The number of sulfone groups is 1. The van der Waals surface area contributed by atoms with Crippen molar-refractivity contribution in [2.75, 3.05) is 0 Å². The van der Waals surface area contributed by atoms with Gasteiger partial charge in [0.2, 0.25) is 0 Å². The van der Waals surface area contributed by atoms with Crippen LogP contribution < -0.4 is 0 Å². The highest BCUT2D eigenvalue weighted by atomic mass is 32.2. The molecule has 2 rings (SSSR count). The summed E-state index contributed by atoms with van der Waals surface area (Å²) in [5.74, 6) is 0.0452. The third kappa shape index (κ3) is 1.96. The largest absolute Gasteiger partial charge is 0.327 e. The van der Waals surface area contributed by atoms with E-state index in [4.69, 9.17) is 6.57 Å². The van der Waals surface area contributed by atoms with Crippen LogP contribution in [0.1, 0.15) is 18.4 Å². The van der Waals surface area contributed by atoms with Crippen molar-refractivity contribution in [1.29, 1.82) is 0 Å². The van der Waals surface area contributed by atoms with Crippen LogP contribution in [0.15, 0.2) is 29.2 Å². The first-order chi connectivity index (χ1) is 7.55. The van der Waals surface area contributed by atoms with Crippen LogP contribution in [0.2, 0.25) is 0 Å². The third-order valence-electron chi connectivity index (χ3n) is 2.82. The molecule has 0 aliphatic heterocycles. The van der Waals surface area contributed by atoms with Crippen molar-refractivity contribution in [2.24, 2.45) is 5.92 Å². The molecule has 1 aliphatic rings. The fourth-order valence-electron chi connectivity index (χ4n) is 1.68. The summed E-state index contributed by atoms with van der Waals surface area (Å²) in [5, 5.41) is -0.879. The molecule has 1 atom stereocenters. The molecule has 84 valence electrons. The van der Waals surface area contributed by atoms with Crippen molar-refractivity contribution in [3.8, 4) is 0 Å². The lowest BCUT2D eigenvalue weighted by atomic mass is 10.2. The average Bonchev–Trinajstić information content (AvgIpc) is 3.03. The summed E-state index contributed by atoms with van der Waals surface area (Å²) in [6.45, 7) is 8.93. The molecule has 0 saturated heterocycles. The Morgan fingerprint density at radius 1 is 1.31 bits per heavy atom. The van der Waals surface area contributed by atoms with E-state index in [0.29, 0.717) is 0 Å². The van der Waals surface area contributed by atoms with Crippen molar-refractivity contribution >= 4 is 9.84 Å². The highest BCUT2D eigenvalue weighted by Crippen LogP contribution is 2.39. The Hall–Kier alpha value is -1.34.